The van der Waals surface area contributed by atoms with Crippen LogP contribution in [0.2, 0.25) is 0 Å². The number of anilines is 1. The van der Waals surface area contributed by atoms with Crippen molar-refractivity contribution in [2.24, 2.45) is 0 Å². The van der Waals surface area contributed by atoms with Gasteiger partial charge in [-0.05, 0) is 47.5 Å². The lowest BCUT2D eigenvalue weighted by atomic mass is 10.1. The van der Waals surface area contributed by atoms with Crippen molar-refractivity contribution in [3.05, 3.63) is 95.8 Å². The molecule has 0 aliphatic carbocycles. The summed E-state index contributed by atoms with van der Waals surface area (Å²) in [6.45, 7) is 0.0411. The van der Waals surface area contributed by atoms with Crippen molar-refractivity contribution >= 4 is 23.7 Å². The molecule has 3 aromatic carbocycles. The summed E-state index contributed by atoms with van der Waals surface area (Å²) in [4.78, 5) is 37.7. The Balaban J connectivity index is 1.28. The highest BCUT2D eigenvalue weighted by atomic mass is 19.1. The van der Waals surface area contributed by atoms with E-state index in [1.165, 1.54) is 17.0 Å². The predicted molar refractivity (Wildman–Crippen MR) is 129 cm³/mol. The van der Waals surface area contributed by atoms with E-state index in [-0.39, 0.29) is 37.7 Å². The molecule has 1 fully saturated rings. The molecular formula is C27H25FN2O6. The lowest BCUT2D eigenvalue weighted by Crippen LogP contribution is -2.40. The number of benzene rings is 3. The number of amides is 2. The normalized spacial score (nSPS) is 16.9. The van der Waals surface area contributed by atoms with Gasteiger partial charge in [0.25, 0.3) is 0 Å². The number of aliphatic carboxylic acids is 1. The third-order valence-corrected chi connectivity index (χ3v) is 5.71. The molecule has 2 amide bonds. The third-order valence-electron chi connectivity index (χ3n) is 5.71. The zero-order valence-corrected chi connectivity index (χ0v) is 19.3. The molecule has 2 atom stereocenters. The minimum atomic E-state index is -1.12. The summed E-state index contributed by atoms with van der Waals surface area (Å²) in [6, 6.07) is 20.4. The van der Waals surface area contributed by atoms with Gasteiger partial charge in [0.05, 0.1) is 13.0 Å². The van der Waals surface area contributed by atoms with Crippen molar-refractivity contribution in [3.8, 4) is 5.75 Å². The monoisotopic (exact) mass is 492 g/mol. The predicted octanol–water partition coefficient (Wildman–Crippen LogP) is 4.25. The lowest BCUT2D eigenvalue weighted by Gasteiger charge is -2.20. The number of hydrogen-bond donors (Lipinski definition) is 2. The average Bonchev–Trinajstić information content (AvgIpc) is 3.30. The first kappa shape index (κ1) is 24.7. The summed E-state index contributed by atoms with van der Waals surface area (Å²) in [5, 5.41) is 12.3. The van der Waals surface area contributed by atoms with Crippen LogP contribution in [0.25, 0.3) is 0 Å². The van der Waals surface area contributed by atoms with Gasteiger partial charge < -0.3 is 19.9 Å². The quantitative estimate of drug-likeness (QED) is 0.487. The molecule has 1 aliphatic heterocycles. The molecule has 4 rings (SSSR count). The van der Waals surface area contributed by atoms with E-state index in [0.29, 0.717) is 22.6 Å². The van der Waals surface area contributed by atoms with Gasteiger partial charge in [0.15, 0.2) is 0 Å². The first-order valence-corrected chi connectivity index (χ1v) is 11.4. The molecule has 1 saturated heterocycles. The Bertz CT molecular complexity index is 1200. The van der Waals surface area contributed by atoms with Crippen LogP contribution in [0, 0.1) is 5.82 Å². The Hall–Kier alpha value is -4.40. The maximum Gasteiger partial charge on any atom is 0.410 e. The second-order valence-electron chi connectivity index (χ2n) is 8.40. The number of ether oxygens (including phenoxy) is 2. The van der Waals surface area contributed by atoms with Gasteiger partial charge in [-0.2, -0.15) is 0 Å². The maximum atomic E-state index is 13.0. The van der Waals surface area contributed by atoms with Crippen LogP contribution in [0.15, 0.2) is 78.9 Å². The second-order valence-corrected chi connectivity index (χ2v) is 8.40. The number of carbonyl (C=O) groups is 3. The second kappa shape index (κ2) is 11.4. The van der Waals surface area contributed by atoms with Gasteiger partial charge in [-0.25, -0.2) is 14.0 Å². The van der Waals surface area contributed by atoms with Crippen LogP contribution in [-0.4, -0.2) is 46.7 Å². The molecular weight excluding hydrogens is 467 g/mol. The molecule has 2 N–H and O–H groups in total. The Kier molecular flexibility index (Phi) is 7.79. The molecule has 0 aromatic heterocycles. The van der Waals surface area contributed by atoms with Gasteiger partial charge in [0, 0.05) is 12.1 Å². The van der Waals surface area contributed by atoms with E-state index in [2.05, 4.69) is 5.32 Å². The molecule has 0 radical (unpaired) electrons. The minimum Gasteiger partial charge on any atom is -0.488 e. The molecule has 1 aliphatic rings. The van der Waals surface area contributed by atoms with Gasteiger partial charge in [-0.1, -0.05) is 42.5 Å². The molecule has 1 heterocycles. The van der Waals surface area contributed by atoms with Gasteiger partial charge in [-0.3, -0.25) is 9.69 Å². The Morgan fingerprint density at radius 1 is 0.944 bits per heavy atom. The smallest absolute Gasteiger partial charge is 0.410 e. The maximum absolute atomic E-state index is 13.0. The number of nitrogens with one attached hydrogen (secondary N) is 1. The number of rotatable bonds is 8. The van der Waals surface area contributed by atoms with E-state index < -0.39 is 24.2 Å². The van der Waals surface area contributed by atoms with Crippen LogP contribution in [0.5, 0.6) is 5.75 Å². The largest absolute Gasteiger partial charge is 0.488 e. The fourth-order valence-corrected chi connectivity index (χ4v) is 3.92. The van der Waals surface area contributed by atoms with E-state index >= 15 is 0 Å². The Morgan fingerprint density at radius 3 is 2.28 bits per heavy atom. The molecule has 0 saturated carbocycles. The molecule has 0 unspecified atom stereocenters. The Labute approximate surface area is 207 Å². The molecule has 9 heteroatoms. The van der Waals surface area contributed by atoms with Gasteiger partial charge in [0.1, 0.15) is 30.3 Å². The first-order valence-electron chi connectivity index (χ1n) is 11.4. The van der Waals surface area contributed by atoms with E-state index in [1.54, 1.807) is 48.5 Å². The first-order chi connectivity index (χ1) is 17.4. The number of para-hydroxylation sites is 1. The van der Waals surface area contributed by atoms with E-state index in [9.17, 15) is 23.9 Å². The van der Waals surface area contributed by atoms with Crippen molar-refractivity contribution < 1.29 is 33.4 Å². The topological polar surface area (TPSA) is 105 Å². The van der Waals surface area contributed by atoms with Crippen molar-refractivity contribution in [2.75, 3.05) is 11.9 Å². The van der Waals surface area contributed by atoms with Crippen LogP contribution in [0.4, 0.5) is 14.9 Å². The highest BCUT2D eigenvalue weighted by Gasteiger charge is 2.41. The number of carboxylic acids is 1. The van der Waals surface area contributed by atoms with Crippen molar-refractivity contribution in [3.63, 3.8) is 0 Å². The van der Waals surface area contributed by atoms with Crippen molar-refractivity contribution in [1.29, 1.82) is 0 Å². The zero-order valence-electron chi connectivity index (χ0n) is 19.3. The molecule has 0 spiro atoms. The SMILES string of the molecule is O=C(Cc1ccc(F)cc1)Nc1ccc(COC(=O)N2C[C@H](Oc3ccccc3)C[C@H]2C(=O)O)cc1. The number of hydrogen-bond acceptors (Lipinski definition) is 5. The van der Waals surface area contributed by atoms with Crippen molar-refractivity contribution in [1.82, 2.24) is 4.90 Å². The lowest BCUT2D eigenvalue weighted by molar-refractivity contribution is -0.141. The molecule has 186 valence electrons. The summed E-state index contributed by atoms with van der Waals surface area (Å²) in [5.74, 6) is -1.13. The third kappa shape index (κ3) is 6.59. The molecule has 8 nitrogen and oxygen atoms in total. The van der Waals surface area contributed by atoms with Gasteiger partial charge >= 0.3 is 12.1 Å². The summed E-state index contributed by atoms with van der Waals surface area (Å²) in [5.41, 5.74) is 1.92. The van der Waals surface area contributed by atoms with Crippen LogP contribution >= 0.6 is 0 Å². The highest BCUT2D eigenvalue weighted by Crippen LogP contribution is 2.24. The number of nitrogens with zero attached hydrogens (tertiary/aromatic N) is 1. The zero-order chi connectivity index (χ0) is 25.5. The number of halogens is 1. The summed E-state index contributed by atoms with van der Waals surface area (Å²) in [6.07, 6.45) is -0.932. The van der Waals surface area contributed by atoms with Gasteiger partial charge in [-0.15, -0.1) is 0 Å². The molecule has 3 aromatic rings. The van der Waals surface area contributed by atoms with E-state index in [1.807, 2.05) is 18.2 Å². The number of likely N-dealkylation sites (tertiary alicyclic amines) is 1. The van der Waals surface area contributed by atoms with Crippen LogP contribution in [-0.2, 0) is 27.4 Å². The number of carbonyl (C=O) groups excluding carboxylic acids is 2. The van der Waals surface area contributed by atoms with E-state index in [0.717, 1.165) is 0 Å². The minimum absolute atomic E-state index is 0.0598. The van der Waals surface area contributed by atoms with Crippen LogP contribution < -0.4 is 10.1 Å². The highest BCUT2D eigenvalue weighted by molar-refractivity contribution is 5.92. The fraction of sp³-hybridized carbons (Fsp3) is 0.222. The summed E-state index contributed by atoms with van der Waals surface area (Å²) < 4.78 is 24.2. The molecule has 0 bridgehead atoms. The summed E-state index contributed by atoms with van der Waals surface area (Å²) >= 11 is 0. The summed E-state index contributed by atoms with van der Waals surface area (Å²) in [7, 11) is 0. The fourth-order valence-electron chi connectivity index (χ4n) is 3.92. The van der Waals surface area contributed by atoms with Crippen molar-refractivity contribution in [2.45, 2.75) is 31.6 Å². The standard InChI is InChI=1S/C27H25FN2O6/c28-20-10-6-18(7-11-20)14-25(31)29-21-12-8-19(9-13-21)17-35-27(34)30-16-23(15-24(30)26(32)33)36-22-4-2-1-3-5-22/h1-13,23-24H,14-17H2,(H,29,31)(H,32,33)/t23-,24+/m1/s1. The van der Waals surface area contributed by atoms with E-state index in [4.69, 9.17) is 9.47 Å². The van der Waals surface area contributed by atoms with Crippen LogP contribution in [0.1, 0.15) is 17.5 Å². The number of carboxylic acid groups (broad SMARTS) is 1. The Morgan fingerprint density at radius 2 is 1.61 bits per heavy atom. The van der Waals surface area contributed by atoms with Crippen LogP contribution in [0.3, 0.4) is 0 Å². The average molecular weight is 493 g/mol. The van der Waals surface area contributed by atoms with Gasteiger partial charge in [0.2, 0.25) is 5.91 Å². The molecule has 36 heavy (non-hydrogen) atoms.